The Morgan fingerprint density at radius 2 is 1.88 bits per heavy atom. The number of carbonyl (C=O) groups excluding carboxylic acids is 1. The molecule has 0 radical (unpaired) electrons. The second-order valence-corrected chi connectivity index (χ2v) is 10.1. The van der Waals surface area contributed by atoms with Crippen LogP contribution in [0.4, 0.5) is 0 Å². The first-order chi connectivity index (χ1) is 16.7. The van der Waals surface area contributed by atoms with Gasteiger partial charge in [-0.2, -0.15) is 0 Å². The Hall–Kier alpha value is -3.49. The van der Waals surface area contributed by atoms with Gasteiger partial charge in [-0.1, -0.05) is 60.3 Å². The summed E-state index contributed by atoms with van der Waals surface area (Å²) in [4.78, 5) is 38.8. The monoisotopic (exact) mass is 484 g/mol. The molecule has 1 fully saturated rings. The summed E-state index contributed by atoms with van der Waals surface area (Å²) >= 11 is 2.93. The van der Waals surface area contributed by atoms with Gasteiger partial charge in [-0.15, -0.1) is 11.3 Å². The Labute approximate surface area is 203 Å². The normalized spacial score (nSPS) is 13.4. The van der Waals surface area contributed by atoms with Crippen LogP contribution in [0.1, 0.15) is 29.0 Å². The lowest BCUT2D eigenvalue weighted by Crippen LogP contribution is -2.25. The summed E-state index contributed by atoms with van der Waals surface area (Å²) in [5.74, 6) is 0.963. The lowest BCUT2D eigenvalue weighted by molar-refractivity contribution is 0.0952. The number of hydrogen-bond donors (Lipinski definition) is 2. The number of nitrogens with one attached hydrogen (secondary N) is 2. The summed E-state index contributed by atoms with van der Waals surface area (Å²) < 4.78 is 0. The van der Waals surface area contributed by atoms with Gasteiger partial charge >= 0.3 is 0 Å². The largest absolute Gasteiger partial charge is 0.349 e. The zero-order valence-electron chi connectivity index (χ0n) is 18.1. The molecule has 1 aliphatic rings. The fourth-order valence-electron chi connectivity index (χ4n) is 3.94. The molecular weight excluding hydrogens is 464 g/mol. The summed E-state index contributed by atoms with van der Waals surface area (Å²) in [5.41, 5.74) is 3.16. The number of thiophene rings is 1. The maximum absolute atomic E-state index is 12.9. The van der Waals surface area contributed by atoms with E-state index in [-0.39, 0.29) is 17.5 Å². The molecule has 0 spiro atoms. The predicted octanol–water partition coefficient (Wildman–Crippen LogP) is 5.38. The van der Waals surface area contributed by atoms with Crippen molar-refractivity contribution < 1.29 is 4.79 Å². The molecule has 2 aromatic carbocycles. The van der Waals surface area contributed by atoms with Crippen molar-refractivity contribution in [3.8, 4) is 11.1 Å². The third-order valence-electron chi connectivity index (χ3n) is 5.78. The molecule has 1 aliphatic carbocycles. The Bertz CT molecular complexity index is 1590. The maximum atomic E-state index is 12.9. The maximum Gasteiger partial charge on any atom is 0.260 e. The Morgan fingerprint density at radius 1 is 1.09 bits per heavy atom. The fourth-order valence-corrected chi connectivity index (χ4v) is 5.69. The number of rotatable bonds is 6. The molecule has 6 rings (SSSR count). The number of aromatic amines is 1. The van der Waals surface area contributed by atoms with Crippen LogP contribution in [0.15, 0.2) is 75.9 Å². The van der Waals surface area contributed by atoms with Gasteiger partial charge in [-0.05, 0) is 30.5 Å². The first kappa shape index (κ1) is 21.1. The number of amides is 1. The van der Waals surface area contributed by atoms with E-state index in [1.165, 1.54) is 23.1 Å². The van der Waals surface area contributed by atoms with Crippen LogP contribution in [0.2, 0.25) is 0 Å². The van der Waals surface area contributed by atoms with Crippen LogP contribution >= 0.6 is 23.1 Å². The van der Waals surface area contributed by atoms with Crippen LogP contribution in [-0.4, -0.2) is 26.9 Å². The number of para-hydroxylation sites is 1. The highest BCUT2D eigenvalue weighted by molar-refractivity contribution is 7.98. The van der Waals surface area contributed by atoms with Gasteiger partial charge in [-0.3, -0.25) is 9.59 Å². The van der Waals surface area contributed by atoms with Crippen LogP contribution in [0.3, 0.4) is 0 Å². The summed E-state index contributed by atoms with van der Waals surface area (Å²) in [6.07, 6.45) is 2.07. The molecule has 2 N–H and O–H groups in total. The van der Waals surface area contributed by atoms with E-state index < -0.39 is 0 Å². The second kappa shape index (κ2) is 8.70. The van der Waals surface area contributed by atoms with Crippen molar-refractivity contribution in [2.75, 3.05) is 0 Å². The zero-order chi connectivity index (χ0) is 23.1. The van der Waals surface area contributed by atoms with E-state index >= 15 is 0 Å². The van der Waals surface area contributed by atoms with Crippen LogP contribution in [0.5, 0.6) is 0 Å². The SMILES string of the molecule is O=C(NC1CC1)c1cc(SCc2nc3scc(-c4ccccc4)c3c(=O)[nH]2)nc2ccccc12. The van der Waals surface area contributed by atoms with Crippen LogP contribution in [0.25, 0.3) is 32.2 Å². The van der Waals surface area contributed by atoms with Crippen LogP contribution in [-0.2, 0) is 5.75 Å². The van der Waals surface area contributed by atoms with Crippen LogP contribution < -0.4 is 10.9 Å². The van der Waals surface area contributed by atoms with Gasteiger partial charge in [0.05, 0.1) is 27.2 Å². The van der Waals surface area contributed by atoms with E-state index in [4.69, 9.17) is 9.97 Å². The minimum absolute atomic E-state index is 0.0667. The van der Waals surface area contributed by atoms with Crippen molar-refractivity contribution in [2.24, 2.45) is 0 Å². The number of H-pyrrole nitrogens is 1. The molecule has 168 valence electrons. The topological polar surface area (TPSA) is 87.7 Å². The molecule has 3 aromatic heterocycles. The number of pyridine rings is 1. The smallest absolute Gasteiger partial charge is 0.260 e. The molecule has 0 unspecified atom stereocenters. The van der Waals surface area contributed by atoms with E-state index in [0.29, 0.717) is 27.4 Å². The molecule has 34 heavy (non-hydrogen) atoms. The van der Waals surface area contributed by atoms with E-state index in [1.807, 2.05) is 66.0 Å². The Balaban J connectivity index is 1.30. The standard InChI is InChI=1S/C26H20N4O2S2/c31-24(27-16-10-11-16)18-12-22(28-20-9-5-4-8-17(18)20)33-14-21-29-25(32)23-19(13-34-26(23)30-21)15-6-2-1-3-7-15/h1-9,12-13,16H,10-11,14H2,(H,27,31)(H,29,30,32). The number of aromatic nitrogens is 3. The van der Waals surface area contributed by atoms with Gasteiger partial charge < -0.3 is 10.3 Å². The van der Waals surface area contributed by atoms with Gasteiger partial charge in [0.25, 0.3) is 11.5 Å². The molecule has 8 heteroatoms. The van der Waals surface area contributed by atoms with E-state index in [9.17, 15) is 9.59 Å². The molecule has 0 saturated heterocycles. The fraction of sp³-hybridized carbons (Fsp3) is 0.154. The predicted molar refractivity (Wildman–Crippen MR) is 137 cm³/mol. The van der Waals surface area contributed by atoms with E-state index in [1.54, 1.807) is 0 Å². The first-order valence-electron chi connectivity index (χ1n) is 11.0. The number of hydrogen-bond acceptors (Lipinski definition) is 6. The zero-order valence-corrected chi connectivity index (χ0v) is 19.7. The van der Waals surface area contributed by atoms with Crippen molar-refractivity contribution in [2.45, 2.75) is 29.7 Å². The molecular formula is C26H20N4O2S2. The third kappa shape index (κ3) is 4.10. The number of benzene rings is 2. The van der Waals surface area contributed by atoms with Gasteiger partial charge in [-0.25, -0.2) is 9.97 Å². The summed E-state index contributed by atoms with van der Waals surface area (Å²) in [7, 11) is 0. The number of thioether (sulfide) groups is 1. The van der Waals surface area contributed by atoms with Gasteiger partial charge in [0.15, 0.2) is 0 Å². The molecule has 3 heterocycles. The molecule has 1 saturated carbocycles. The average molecular weight is 485 g/mol. The number of nitrogens with zero attached hydrogens (tertiary/aromatic N) is 2. The number of fused-ring (bicyclic) bond motifs is 2. The van der Waals surface area contributed by atoms with Crippen molar-refractivity contribution in [1.82, 2.24) is 20.3 Å². The molecule has 0 aliphatic heterocycles. The van der Waals surface area contributed by atoms with Crippen molar-refractivity contribution in [3.63, 3.8) is 0 Å². The molecule has 1 amide bonds. The summed E-state index contributed by atoms with van der Waals surface area (Å²) in [6.45, 7) is 0. The molecule has 0 bridgehead atoms. The highest BCUT2D eigenvalue weighted by Crippen LogP contribution is 2.31. The minimum Gasteiger partial charge on any atom is -0.349 e. The molecule has 0 atom stereocenters. The van der Waals surface area contributed by atoms with Gasteiger partial charge in [0.1, 0.15) is 10.7 Å². The lowest BCUT2D eigenvalue weighted by Gasteiger charge is -2.10. The Kier molecular flexibility index (Phi) is 5.39. The quantitative estimate of drug-likeness (QED) is 0.316. The highest BCUT2D eigenvalue weighted by atomic mass is 32.2. The van der Waals surface area contributed by atoms with E-state index in [0.717, 1.165) is 39.9 Å². The van der Waals surface area contributed by atoms with Crippen LogP contribution in [0, 0.1) is 0 Å². The van der Waals surface area contributed by atoms with Crippen molar-refractivity contribution in [1.29, 1.82) is 0 Å². The summed E-state index contributed by atoms with van der Waals surface area (Å²) in [5, 5.41) is 7.23. The van der Waals surface area contributed by atoms with Crippen molar-refractivity contribution >= 4 is 50.1 Å². The molecule has 6 nitrogen and oxygen atoms in total. The Morgan fingerprint density at radius 3 is 2.71 bits per heavy atom. The van der Waals surface area contributed by atoms with Crippen molar-refractivity contribution in [3.05, 3.63) is 87.8 Å². The third-order valence-corrected chi connectivity index (χ3v) is 7.58. The van der Waals surface area contributed by atoms with E-state index in [2.05, 4.69) is 10.3 Å². The second-order valence-electron chi connectivity index (χ2n) is 8.27. The van der Waals surface area contributed by atoms with Gasteiger partial charge in [0.2, 0.25) is 0 Å². The summed E-state index contributed by atoms with van der Waals surface area (Å²) in [6, 6.07) is 19.6. The van der Waals surface area contributed by atoms with Gasteiger partial charge in [0, 0.05) is 22.4 Å². The highest BCUT2D eigenvalue weighted by Gasteiger charge is 2.25. The molecule has 5 aromatic rings. The average Bonchev–Trinajstić information content (AvgIpc) is 3.57. The lowest BCUT2D eigenvalue weighted by atomic mass is 10.1. The first-order valence-corrected chi connectivity index (χ1v) is 12.9. The minimum atomic E-state index is -0.142. The number of carbonyl (C=O) groups is 1.